The van der Waals surface area contributed by atoms with Crippen LogP contribution < -0.4 is 24.8 Å². The highest BCUT2D eigenvalue weighted by Gasteiger charge is 2.21. The molecule has 0 aromatic heterocycles. The van der Waals surface area contributed by atoms with E-state index in [1.165, 1.54) is 38.2 Å². The summed E-state index contributed by atoms with van der Waals surface area (Å²) in [5, 5.41) is 14.8. The first kappa shape index (κ1) is 33.2. The minimum Gasteiger partial charge on any atom is -0.497 e. The quantitative estimate of drug-likeness (QED) is 0.248. The highest BCUT2D eigenvalue weighted by molar-refractivity contribution is 6.01. The third kappa shape index (κ3) is 9.65. The molecule has 0 aliphatic heterocycles. The third-order valence-electron chi connectivity index (χ3n) is 6.79. The number of carbonyl (C=O) groups excluding carboxylic acids is 3. The summed E-state index contributed by atoms with van der Waals surface area (Å²) >= 11 is 0. The Balaban J connectivity index is 1.65. The number of amides is 4. The Bertz CT molecular complexity index is 1470. The van der Waals surface area contributed by atoms with Gasteiger partial charge in [-0.1, -0.05) is 24.3 Å². The molecule has 4 amide bonds. The lowest BCUT2D eigenvalue weighted by Crippen LogP contribution is -2.42. The molecule has 12 nitrogen and oxygen atoms in total. The first-order valence-corrected chi connectivity index (χ1v) is 13.8. The van der Waals surface area contributed by atoms with Gasteiger partial charge in [-0.05, 0) is 53.9 Å². The number of methoxy groups -OCH3 is 3. The Morgan fingerprint density at radius 3 is 2.07 bits per heavy atom. The normalized spacial score (nSPS) is 10.4. The number of benzene rings is 3. The number of aryl methyl sites for hydroxylation is 1. The van der Waals surface area contributed by atoms with Gasteiger partial charge in [0.1, 0.15) is 17.2 Å². The fraction of sp³-hybridized carbons (Fsp3) is 0.312. The summed E-state index contributed by atoms with van der Waals surface area (Å²) < 4.78 is 16.0. The van der Waals surface area contributed by atoms with E-state index >= 15 is 0 Å². The number of carboxylic acid groups (broad SMARTS) is 1. The van der Waals surface area contributed by atoms with Crippen LogP contribution in [-0.4, -0.2) is 80.2 Å². The predicted molar refractivity (Wildman–Crippen MR) is 165 cm³/mol. The molecule has 3 N–H and O–H groups in total. The number of nitrogens with zero attached hydrogens (tertiary/aromatic N) is 2. The second-order valence-corrected chi connectivity index (χ2v) is 10.0. The summed E-state index contributed by atoms with van der Waals surface area (Å²) in [5.74, 6) is -0.375. The minimum atomic E-state index is -1.05. The number of nitrogens with one attached hydrogen (secondary N) is 2. The lowest BCUT2D eigenvalue weighted by atomic mass is 10.1. The van der Waals surface area contributed by atoms with Crippen LogP contribution in [0.25, 0.3) is 0 Å². The van der Waals surface area contributed by atoms with Crippen LogP contribution >= 0.6 is 0 Å². The van der Waals surface area contributed by atoms with Crippen LogP contribution in [0.3, 0.4) is 0 Å². The van der Waals surface area contributed by atoms with E-state index in [1.54, 1.807) is 42.5 Å². The van der Waals surface area contributed by atoms with Gasteiger partial charge in [0.05, 0.1) is 46.4 Å². The van der Waals surface area contributed by atoms with Crippen molar-refractivity contribution in [2.24, 2.45) is 0 Å². The Labute approximate surface area is 256 Å². The lowest BCUT2D eigenvalue weighted by Gasteiger charge is -2.26. The monoisotopic (exact) mass is 606 g/mol. The number of carbonyl (C=O) groups is 4. The summed E-state index contributed by atoms with van der Waals surface area (Å²) in [6.45, 7) is 1.69. The molecule has 3 aromatic carbocycles. The third-order valence-corrected chi connectivity index (χ3v) is 6.79. The maximum absolute atomic E-state index is 13.2. The topological polar surface area (TPSA) is 147 Å². The van der Waals surface area contributed by atoms with Gasteiger partial charge < -0.3 is 39.8 Å². The molecule has 0 unspecified atom stereocenters. The van der Waals surface area contributed by atoms with Gasteiger partial charge in [-0.2, -0.15) is 0 Å². The molecule has 0 saturated heterocycles. The molecule has 0 radical (unpaired) electrons. The Hall–Kier alpha value is -5.26. The number of para-hydroxylation sites is 1. The summed E-state index contributed by atoms with van der Waals surface area (Å²) in [4.78, 5) is 52.8. The molecule has 234 valence electrons. The van der Waals surface area contributed by atoms with E-state index < -0.39 is 17.9 Å². The molecule has 0 heterocycles. The molecule has 0 atom stereocenters. The number of anilines is 2. The van der Waals surface area contributed by atoms with Crippen molar-refractivity contribution in [2.75, 3.05) is 52.1 Å². The molecule has 0 bridgehead atoms. The summed E-state index contributed by atoms with van der Waals surface area (Å²) in [6.07, 6.45) is -0.286. The molecule has 0 fully saturated rings. The van der Waals surface area contributed by atoms with Crippen LogP contribution in [0.2, 0.25) is 0 Å². The molecule has 3 aromatic rings. The zero-order valence-electron chi connectivity index (χ0n) is 25.5. The van der Waals surface area contributed by atoms with Crippen molar-refractivity contribution in [2.45, 2.75) is 26.3 Å². The van der Waals surface area contributed by atoms with Gasteiger partial charge in [0.25, 0.3) is 0 Å². The average molecular weight is 607 g/mol. The van der Waals surface area contributed by atoms with Gasteiger partial charge in [0.15, 0.2) is 0 Å². The van der Waals surface area contributed by atoms with E-state index in [2.05, 4.69) is 10.6 Å². The highest BCUT2D eigenvalue weighted by Crippen LogP contribution is 2.27. The van der Waals surface area contributed by atoms with E-state index in [9.17, 15) is 24.3 Å². The number of hydrogen-bond acceptors (Lipinski definition) is 7. The van der Waals surface area contributed by atoms with Gasteiger partial charge in [-0.15, -0.1) is 0 Å². The molecule has 3 rings (SSSR count). The SMILES string of the molecule is COc1cc(CN(CCC(=O)O)C(=O)CN(C)C(=O)Cc2ccc(NC(=O)Nc3ccccc3C)c(OC)c2)cc(OC)c1. The van der Waals surface area contributed by atoms with Gasteiger partial charge in [-0.25, -0.2) is 4.79 Å². The molecular formula is C32H38N4O8. The van der Waals surface area contributed by atoms with Crippen molar-refractivity contribution in [3.8, 4) is 17.2 Å². The summed E-state index contributed by atoms with van der Waals surface area (Å²) in [5.41, 5.74) is 3.30. The van der Waals surface area contributed by atoms with Crippen LogP contribution in [0, 0.1) is 6.92 Å². The fourth-order valence-corrected chi connectivity index (χ4v) is 4.34. The summed E-state index contributed by atoms with van der Waals surface area (Å²) in [7, 11) is 5.98. The van der Waals surface area contributed by atoms with Crippen LogP contribution in [0.15, 0.2) is 60.7 Å². The van der Waals surface area contributed by atoms with Gasteiger partial charge in [-0.3, -0.25) is 14.4 Å². The molecule has 44 heavy (non-hydrogen) atoms. The summed E-state index contributed by atoms with van der Waals surface area (Å²) in [6, 6.07) is 17.1. The highest BCUT2D eigenvalue weighted by atomic mass is 16.5. The van der Waals surface area contributed by atoms with E-state index in [0.717, 1.165) is 5.56 Å². The van der Waals surface area contributed by atoms with Crippen molar-refractivity contribution in [3.05, 3.63) is 77.4 Å². The Kier molecular flexibility index (Phi) is 12.0. The molecule has 12 heteroatoms. The minimum absolute atomic E-state index is 0.0297. The average Bonchev–Trinajstić information content (AvgIpc) is 3.00. The van der Waals surface area contributed by atoms with Crippen LogP contribution in [0.4, 0.5) is 16.2 Å². The number of urea groups is 1. The lowest BCUT2D eigenvalue weighted by molar-refractivity contribution is -0.141. The standard InChI is InChI=1S/C32H38N4O8/c1-21-8-6-7-9-26(21)33-32(41)34-27-11-10-22(16-28(27)44-5)17-29(37)35(2)20-30(38)36(13-12-31(39)40)19-23-14-24(42-3)18-25(15-23)43-4/h6-11,14-16,18H,12-13,17,19-20H2,1-5H3,(H,39,40)(H2,33,34,41). The maximum Gasteiger partial charge on any atom is 0.323 e. The van der Waals surface area contributed by atoms with Crippen LogP contribution in [0.5, 0.6) is 17.2 Å². The second-order valence-electron chi connectivity index (χ2n) is 10.0. The first-order valence-electron chi connectivity index (χ1n) is 13.8. The second kappa shape index (κ2) is 15.8. The van der Waals surface area contributed by atoms with E-state index in [4.69, 9.17) is 14.2 Å². The number of likely N-dealkylation sites (N-methyl/N-ethyl adjacent to an activating group) is 1. The smallest absolute Gasteiger partial charge is 0.323 e. The number of rotatable bonds is 14. The largest absolute Gasteiger partial charge is 0.497 e. The van der Waals surface area contributed by atoms with Crippen molar-refractivity contribution < 1.29 is 38.5 Å². The van der Waals surface area contributed by atoms with Gasteiger partial charge in [0, 0.05) is 31.9 Å². The van der Waals surface area contributed by atoms with Crippen molar-refractivity contribution >= 4 is 35.2 Å². The van der Waals surface area contributed by atoms with Crippen LogP contribution in [-0.2, 0) is 27.3 Å². The molecule has 0 saturated carbocycles. The number of hydrogen-bond donors (Lipinski definition) is 3. The molecular weight excluding hydrogens is 568 g/mol. The zero-order valence-corrected chi connectivity index (χ0v) is 25.5. The number of carboxylic acids is 1. The zero-order chi connectivity index (χ0) is 32.2. The van der Waals surface area contributed by atoms with Crippen molar-refractivity contribution in [1.29, 1.82) is 0 Å². The Morgan fingerprint density at radius 1 is 0.795 bits per heavy atom. The predicted octanol–water partition coefficient (Wildman–Crippen LogP) is 4.17. The molecule has 0 aliphatic rings. The number of ether oxygens (including phenoxy) is 3. The van der Waals surface area contributed by atoms with Gasteiger partial charge in [0.2, 0.25) is 11.8 Å². The van der Waals surface area contributed by atoms with Crippen molar-refractivity contribution in [3.63, 3.8) is 0 Å². The van der Waals surface area contributed by atoms with Gasteiger partial charge >= 0.3 is 12.0 Å². The van der Waals surface area contributed by atoms with E-state index in [0.29, 0.717) is 39.8 Å². The maximum atomic E-state index is 13.2. The van der Waals surface area contributed by atoms with E-state index in [-0.39, 0.29) is 38.4 Å². The number of aliphatic carboxylic acids is 1. The Morgan fingerprint density at radius 2 is 1.45 bits per heavy atom. The first-order chi connectivity index (χ1) is 21.0. The van der Waals surface area contributed by atoms with E-state index in [1.807, 2.05) is 25.1 Å². The van der Waals surface area contributed by atoms with Crippen LogP contribution in [0.1, 0.15) is 23.1 Å². The van der Waals surface area contributed by atoms with Crippen molar-refractivity contribution in [1.82, 2.24) is 9.80 Å². The fourth-order valence-electron chi connectivity index (χ4n) is 4.34. The molecule has 0 aliphatic carbocycles. The molecule has 0 spiro atoms.